The van der Waals surface area contributed by atoms with Crippen LogP contribution in [0.2, 0.25) is 0 Å². The van der Waals surface area contributed by atoms with Crippen LogP contribution in [-0.4, -0.2) is 35.1 Å². The van der Waals surface area contributed by atoms with Gasteiger partial charge < -0.3 is 10.2 Å². The van der Waals surface area contributed by atoms with Gasteiger partial charge in [0.15, 0.2) is 0 Å². The fourth-order valence-electron chi connectivity index (χ4n) is 3.86. The van der Waals surface area contributed by atoms with Gasteiger partial charge in [0, 0.05) is 48.1 Å². The van der Waals surface area contributed by atoms with Crippen molar-refractivity contribution in [3.63, 3.8) is 0 Å². The Bertz CT molecular complexity index is 876. The van der Waals surface area contributed by atoms with Crippen molar-refractivity contribution in [2.45, 2.75) is 31.3 Å². The first-order valence-corrected chi connectivity index (χ1v) is 9.55. The summed E-state index contributed by atoms with van der Waals surface area (Å²) in [5.41, 5.74) is 2.71. The highest BCUT2D eigenvalue weighted by atomic mass is 32.1. The Balaban J connectivity index is 1.29. The van der Waals surface area contributed by atoms with E-state index in [4.69, 9.17) is 0 Å². The van der Waals surface area contributed by atoms with Crippen LogP contribution in [-0.2, 0) is 12.8 Å². The number of piperazine rings is 1. The smallest absolute Gasteiger partial charge is 0.142 e. The number of hydrogen-bond acceptors (Lipinski definition) is 5. The van der Waals surface area contributed by atoms with Gasteiger partial charge in [0.2, 0.25) is 0 Å². The van der Waals surface area contributed by atoms with Gasteiger partial charge >= 0.3 is 0 Å². The number of halogens is 1. The molecule has 2 atom stereocenters. The second-order valence-corrected chi connectivity index (χ2v) is 8.05. The SMILES string of the molecule is Fc1cc(N2CC3CC(C2)N3)ccc1CCc1cc2nccnc2s1. The second-order valence-electron chi connectivity index (χ2n) is 6.94. The molecule has 128 valence electrons. The minimum atomic E-state index is -0.0953. The number of aryl methyl sites for hydroxylation is 2. The van der Waals surface area contributed by atoms with Crippen LogP contribution in [0.4, 0.5) is 10.1 Å². The first-order valence-electron chi connectivity index (χ1n) is 8.73. The van der Waals surface area contributed by atoms with E-state index in [1.54, 1.807) is 29.8 Å². The van der Waals surface area contributed by atoms with E-state index >= 15 is 0 Å². The third kappa shape index (κ3) is 2.89. The van der Waals surface area contributed by atoms with Gasteiger partial charge in [0.1, 0.15) is 10.6 Å². The van der Waals surface area contributed by atoms with E-state index in [0.29, 0.717) is 18.5 Å². The van der Waals surface area contributed by atoms with Crippen molar-refractivity contribution >= 4 is 27.4 Å². The minimum absolute atomic E-state index is 0.0953. The lowest BCUT2D eigenvalue weighted by Crippen LogP contribution is -2.67. The summed E-state index contributed by atoms with van der Waals surface area (Å²) in [5, 5.41) is 3.51. The lowest BCUT2D eigenvalue weighted by atomic mass is 9.91. The summed E-state index contributed by atoms with van der Waals surface area (Å²) < 4.78 is 14.6. The summed E-state index contributed by atoms with van der Waals surface area (Å²) >= 11 is 1.64. The fourth-order valence-corrected chi connectivity index (χ4v) is 4.81. The van der Waals surface area contributed by atoms with Gasteiger partial charge in [0.05, 0.1) is 5.52 Å². The number of rotatable bonds is 4. The minimum Gasteiger partial charge on any atom is -0.368 e. The first-order chi connectivity index (χ1) is 12.2. The summed E-state index contributed by atoms with van der Waals surface area (Å²) in [4.78, 5) is 13.1. The molecule has 2 unspecified atom stereocenters. The Kier molecular flexibility index (Phi) is 3.68. The van der Waals surface area contributed by atoms with Crippen molar-refractivity contribution < 1.29 is 4.39 Å². The Morgan fingerprint density at radius 3 is 2.68 bits per heavy atom. The Morgan fingerprint density at radius 2 is 1.92 bits per heavy atom. The molecule has 5 heterocycles. The van der Waals surface area contributed by atoms with Crippen molar-refractivity contribution in [3.05, 3.63) is 52.9 Å². The Hall–Kier alpha value is -2.05. The van der Waals surface area contributed by atoms with E-state index in [-0.39, 0.29) is 5.82 Å². The highest BCUT2D eigenvalue weighted by molar-refractivity contribution is 7.18. The van der Waals surface area contributed by atoms with Crippen LogP contribution in [0.3, 0.4) is 0 Å². The highest BCUT2D eigenvalue weighted by Crippen LogP contribution is 2.28. The van der Waals surface area contributed by atoms with E-state index in [2.05, 4.69) is 32.3 Å². The molecular weight excluding hydrogens is 335 g/mol. The van der Waals surface area contributed by atoms with Crippen molar-refractivity contribution in [1.82, 2.24) is 15.3 Å². The quantitative estimate of drug-likeness (QED) is 0.781. The molecule has 1 N–H and O–H groups in total. The lowest BCUT2D eigenvalue weighted by molar-refractivity contribution is 0.226. The van der Waals surface area contributed by atoms with Gasteiger partial charge in [-0.2, -0.15) is 0 Å². The molecule has 0 spiro atoms. The van der Waals surface area contributed by atoms with Gasteiger partial charge in [-0.1, -0.05) is 6.07 Å². The molecule has 1 aromatic carbocycles. The molecular formula is C19H19FN4S. The first kappa shape index (κ1) is 15.2. The molecule has 2 bridgehead atoms. The van der Waals surface area contributed by atoms with Gasteiger partial charge in [-0.15, -0.1) is 11.3 Å². The summed E-state index contributed by atoms with van der Waals surface area (Å²) in [6, 6.07) is 8.94. The number of aromatic nitrogens is 2. The normalized spacial score (nSPS) is 22.2. The molecule has 3 aromatic rings. The van der Waals surface area contributed by atoms with E-state index in [0.717, 1.165) is 41.1 Å². The maximum Gasteiger partial charge on any atom is 0.142 e. The average Bonchev–Trinajstić information content (AvgIpc) is 3.03. The molecule has 3 aliphatic rings. The third-order valence-electron chi connectivity index (χ3n) is 5.18. The van der Waals surface area contributed by atoms with Crippen LogP contribution >= 0.6 is 11.3 Å². The highest BCUT2D eigenvalue weighted by Gasteiger charge is 2.36. The molecule has 3 aliphatic heterocycles. The number of benzene rings is 1. The number of fused-ring (bicyclic) bond motifs is 3. The maximum absolute atomic E-state index is 14.6. The predicted octanol–water partition coefficient (Wildman–Crippen LogP) is 3.17. The van der Waals surface area contributed by atoms with Crippen molar-refractivity contribution in [1.29, 1.82) is 0 Å². The molecule has 6 rings (SSSR count). The van der Waals surface area contributed by atoms with Crippen molar-refractivity contribution in [2.24, 2.45) is 0 Å². The zero-order valence-corrected chi connectivity index (χ0v) is 14.6. The summed E-state index contributed by atoms with van der Waals surface area (Å²) in [6.07, 6.45) is 6.19. The van der Waals surface area contributed by atoms with Gasteiger partial charge in [-0.05, 0) is 43.0 Å². The Morgan fingerprint density at radius 1 is 1.12 bits per heavy atom. The molecule has 3 fully saturated rings. The number of hydrogen-bond donors (Lipinski definition) is 1. The predicted molar refractivity (Wildman–Crippen MR) is 98.8 cm³/mol. The molecule has 4 nitrogen and oxygen atoms in total. The molecule has 0 saturated carbocycles. The largest absolute Gasteiger partial charge is 0.368 e. The van der Waals surface area contributed by atoms with Crippen molar-refractivity contribution in [2.75, 3.05) is 18.0 Å². The summed E-state index contributed by atoms with van der Waals surface area (Å²) in [5.74, 6) is -0.0953. The molecule has 6 heteroatoms. The summed E-state index contributed by atoms with van der Waals surface area (Å²) in [7, 11) is 0. The molecule has 3 saturated heterocycles. The number of nitrogens with one attached hydrogen (secondary N) is 1. The number of nitrogens with zero attached hydrogens (tertiary/aromatic N) is 3. The maximum atomic E-state index is 14.6. The number of piperidine rings is 1. The third-order valence-corrected chi connectivity index (χ3v) is 6.27. The standard InChI is InChI=1S/C19H19FN4S/c20-17-8-15(24-10-13-7-14(11-24)23-13)3-1-12(17)2-4-16-9-18-19(25-16)22-6-5-21-18/h1,3,5-6,8-9,13-14,23H,2,4,7,10-11H2. The van der Waals surface area contributed by atoms with E-state index in [1.807, 2.05) is 6.07 Å². The van der Waals surface area contributed by atoms with Gasteiger partial charge in [0.25, 0.3) is 0 Å². The van der Waals surface area contributed by atoms with Crippen LogP contribution < -0.4 is 10.2 Å². The topological polar surface area (TPSA) is 41.0 Å². The van der Waals surface area contributed by atoms with Crippen LogP contribution in [0.5, 0.6) is 0 Å². The fraction of sp³-hybridized carbons (Fsp3) is 0.368. The molecule has 25 heavy (non-hydrogen) atoms. The van der Waals surface area contributed by atoms with Crippen LogP contribution in [0.15, 0.2) is 36.7 Å². The molecule has 0 aliphatic carbocycles. The molecule has 0 amide bonds. The molecule has 2 aromatic heterocycles. The summed E-state index contributed by atoms with van der Waals surface area (Å²) in [6.45, 7) is 1.97. The van der Waals surface area contributed by atoms with Crippen LogP contribution in [0, 0.1) is 5.82 Å². The van der Waals surface area contributed by atoms with Crippen LogP contribution in [0.25, 0.3) is 10.3 Å². The second kappa shape index (κ2) is 6.04. The van der Waals surface area contributed by atoms with Gasteiger partial charge in [-0.3, -0.25) is 4.98 Å². The van der Waals surface area contributed by atoms with E-state index in [9.17, 15) is 4.39 Å². The lowest BCUT2D eigenvalue weighted by Gasteiger charge is -2.49. The average molecular weight is 354 g/mol. The van der Waals surface area contributed by atoms with Crippen molar-refractivity contribution in [3.8, 4) is 0 Å². The zero-order valence-electron chi connectivity index (χ0n) is 13.8. The van der Waals surface area contributed by atoms with Crippen LogP contribution in [0.1, 0.15) is 16.9 Å². The van der Waals surface area contributed by atoms with Gasteiger partial charge in [-0.25, -0.2) is 9.37 Å². The number of thiophene rings is 1. The monoisotopic (exact) mass is 354 g/mol. The Labute approximate surface area is 149 Å². The zero-order chi connectivity index (χ0) is 16.8. The number of anilines is 1. The molecule has 0 radical (unpaired) electrons. The van der Waals surface area contributed by atoms with E-state index < -0.39 is 0 Å². The van der Waals surface area contributed by atoms with E-state index in [1.165, 1.54) is 11.3 Å².